The minimum absolute atomic E-state index is 0.626. The molecule has 208 valence electrons. The van der Waals surface area contributed by atoms with Gasteiger partial charge < -0.3 is 0 Å². The molecule has 4 nitrogen and oxygen atoms in total. The van der Waals surface area contributed by atoms with E-state index in [9.17, 15) is 0 Å². The first-order valence-electron chi connectivity index (χ1n) is 14.2. The maximum absolute atomic E-state index is 5.11. The summed E-state index contributed by atoms with van der Waals surface area (Å²) in [7, 11) is 0. The normalized spacial score (nSPS) is 11.3. The highest BCUT2D eigenvalue weighted by atomic mass is 79.9. The number of thiophene rings is 1. The van der Waals surface area contributed by atoms with Crippen LogP contribution >= 0.6 is 27.3 Å². The summed E-state index contributed by atoms with van der Waals surface area (Å²) in [6.45, 7) is 0. The van der Waals surface area contributed by atoms with Crippen LogP contribution in [0.4, 0.5) is 0 Å². The van der Waals surface area contributed by atoms with E-state index in [-0.39, 0.29) is 0 Å². The van der Waals surface area contributed by atoms with Gasteiger partial charge in [-0.2, -0.15) is 0 Å². The van der Waals surface area contributed by atoms with Crippen LogP contribution < -0.4 is 0 Å². The van der Waals surface area contributed by atoms with E-state index in [0.29, 0.717) is 17.5 Å². The molecule has 0 spiro atoms. The third-order valence-corrected chi connectivity index (χ3v) is 9.36. The quantitative estimate of drug-likeness (QED) is 0.187. The molecule has 3 heterocycles. The molecule has 0 unspecified atom stereocenters. The van der Waals surface area contributed by atoms with Crippen LogP contribution in [-0.4, -0.2) is 19.9 Å². The van der Waals surface area contributed by atoms with E-state index in [1.807, 2.05) is 42.6 Å². The highest BCUT2D eigenvalue weighted by Crippen LogP contribution is 2.40. The van der Waals surface area contributed by atoms with Gasteiger partial charge in [0.15, 0.2) is 17.5 Å². The van der Waals surface area contributed by atoms with Gasteiger partial charge in [-0.1, -0.05) is 107 Å². The second kappa shape index (κ2) is 11.2. The van der Waals surface area contributed by atoms with Crippen molar-refractivity contribution in [1.82, 2.24) is 19.9 Å². The lowest BCUT2D eigenvalue weighted by Crippen LogP contribution is -2.00. The first kappa shape index (κ1) is 26.6. The molecule has 0 atom stereocenters. The number of aromatic nitrogens is 4. The number of halogens is 1. The van der Waals surface area contributed by atoms with E-state index in [1.54, 1.807) is 17.5 Å². The molecule has 44 heavy (non-hydrogen) atoms. The van der Waals surface area contributed by atoms with Gasteiger partial charge in [-0.05, 0) is 58.7 Å². The lowest BCUT2D eigenvalue weighted by Gasteiger charge is -2.11. The third-order valence-electron chi connectivity index (χ3n) is 7.68. The second-order valence-corrected chi connectivity index (χ2v) is 12.5. The van der Waals surface area contributed by atoms with E-state index in [2.05, 4.69) is 112 Å². The van der Waals surface area contributed by atoms with Crippen molar-refractivity contribution in [1.29, 1.82) is 0 Å². The Morgan fingerprint density at radius 2 is 1.14 bits per heavy atom. The van der Waals surface area contributed by atoms with Crippen molar-refractivity contribution in [2.45, 2.75) is 0 Å². The van der Waals surface area contributed by atoms with Gasteiger partial charge in [0.1, 0.15) is 0 Å². The molecule has 3 aromatic heterocycles. The molecule has 0 fully saturated rings. The fourth-order valence-corrected chi connectivity index (χ4v) is 7.24. The minimum atomic E-state index is 0.626. The summed E-state index contributed by atoms with van der Waals surface area (Å²) in [4.78, 5) is 19.4. The van der Waals surface area contributed by atoms with Crippen LogP contribution in [0, 0.1) is 0 Å². The molecule has 0 N–H and O–H groups in total. The lowest BCUT2D eigenvalue weighted by molar-refractivity contribution is 1.08. The Morgan fingerprint density at radius 1 is 0.477 bits per heavy atom. The maximum Gasteiger partial charge on any atom is 0.165 e. The zero-order valence-electron chi connectivity index (χ0n) is 23.4. The topological polar surface area (TPSA) is 51.6 Å². The van der Waals surface area contributed by atoms with E-state index >= 15 is 0 Å². The SMILES string of the molecule is Brc1cc(-c2ccc(-c3cccnc3)cc2)cc(-c2nc(-c3ccccc3)nc(-c3cccc4c3sc3ccccc34)n2)c1. The van der Waals surface area contributed by atoms with Crippen molar-refractivity contribution in [3.05, 3.63) is 144 Å². The molecule has 5 aromatic carbocycles. The zero-order valence-corrected chi connectivity index (χ0v) is 25.8. The predicted octanol–water partition coefficient (Wildman–Crippen LogP) is 10.7. The Kier molecular flexibility index (Phi) is 6.78. The molecule has 0 radical (unpaired) electrons. The summed E-state index contributed by atoms with van der Waals surface area (Å²) in [5.74, 6) is 1.93. The molecule has 0 aliphatic rings. The first-order valence-corrected chi connectivity index (χ1v) is 15.8. The van der Waals surface area contributed by atoms with E-state index < -0.39 is 0 Å². The Morgan fingerprint density at radius 3 is 1.93 bits per heavy atom. The van der Waals surface area contributed by atoms with Crippen LogP contribution in [0.3, 0.4) is 0 Å². The van der Waals surface area contributed by atoms with Crippen LogP contribution in [0.1, 0.15) is 0 Å². The van der Waals surface area contributed by atoms with Crippen molar-refractivity contribution < 1.29 is 0 Å². The average molecular weight is 648 g/mol. The van der Waals surface area contributed by atoms with Crippen molar-refractivity contribution in [3.8, 4) is 56.4 Å². The molecule has 0 bridgehead atoms. The average Bonchev–Trinajstić information content (AvgIpc) is 3.48. The Hall–Kier alpha value is -5.04. The Labute approximate surface area is 266 Å². The fourth-order valence-electron chi connectivity index (χ4n) is 5.54. The highest BCUT2D eigenvalue weighted by Gasteiger charge is 2.17. The zero-order chi connectivity index (χ0) is 29.5. The second-order valence-electron chi connectivity index (χ2n) is 10.5. The Balaban J connectivity index is 1.28. The molecule has 0 aliphatic carbocycles. The summed E-state index contributed by atoms with van der Waals surface area (Å²) < 4.78 is 3.38. The monoisotopic (exact) mass is 646 g/mol. The van der Waals surface area contributed by atoms with Crippen LogP contribution in [0.25, 0.3) is 76.6 Å². The number of fused-ring (bicyclic) bond motifs is 3. The predicted molar refractivity (Wildman–Crippen MR) is 185 cm³/mol. The molecule has 0 saturated carbocycles. The van der Waals surface area contributed by atoms with Crippen LogP contribution in [0.2, 0.25) is 0 Å². The van der Waals surface area contributed by atoms with Gasteiger partial charge in [0.05, 0.1) is 0 Å². The smallest absolute Gasteiger partial charge is 0.165 e. The maximum atomic E-state index is 5.11. The van der Waals surface area contributed by atoms with Gasteiger partial charge in [0.2, 0.25) is 0 Å². The molecule has 0 saturated heterocycles. The number of nitrogens with zero attached hydrogens (tertiary/aromatic N) is 4. The van der Waals surface area contributed by atoms with Crippen LogP contribution in [-0.2, 0) is 0 Å². The van der Waals surface area contributed by atoms with Crippen molar-refractivity contribution in [3.63, 3.8) is 0 Å². The number of rotatable bonds is 5. The molecule has 6 heteroatoms. The molecular formula is C38H23BrN4S. The van der Waals surface area contributed by atoms with E-state index in [4.69, 9.17) is 15.0 Å². The number of hydrogen-bond donors (Lipinski definition) is 0. The summed E-state index contributed by atoms with van der Waals surface area (Å²) in [5.41, 5.74) is 7.26. The molecule has 8 rings (SSSR count). The summed E-state index contributed by atoms with van der Waals surface area (Å²) in [6, 6.07) is 43.9. The van der Waals surface area contributed by atoms with Crippen molar-refractivity contribution >= 4 is 47.4 Å². The van der Waals surface area contributed by atoms with Crippen molar-refractivity contribution in [2.24, 2.45) is 0 Å². The lowest BCUT2D eigenvalue weighted by atomic mass is 9.99. The van der Waals surface area contributed by atoms with Gasteiger partial charge in [-0.15, -0.1) is 11.3 Å². The first-order chi connectivity index (χ1) is 21.7. The molecule has 8 aromatic rings. The molecule has 0 aliphatic heterocycles. The minimum Gasteiger partial charge on any atom is -0.264 e. The standard InChI is InChI=1S/C38H23BrN4S/c39-30-21-28(25-17-15-24(16-18-25)27-10-7-19-40-23-27)20-29(22-30)37-41-36(26-8-2-1-3-9-26)42-38(43-37)33-13-6-12-32-31-11-4-5-14-34(31)44-35(32)33/h1-23H. The van der Waals surface area contributed by atoms with E-state index in [1.165, 1.54) is 20.2 Å². The number of benzene rings is 5. The molecular weight excluding hydrogens is 624 g/mol. The summed E-state index contributed by atoms with van der Waals surface area (Å²) in [6.07, 6.45) is 3.67. The van der Waals surface area contributed by atoms with Crippen LogP contribution in [0.5, 0.6) is 0 Å². The van der Waals surface area contributed by atoms with Gasteiger partial charge in [0, 0.05) is 53.7 Å². The Bertz CT molecular complexity index is 2280. The van der Waals surface area contributed by atoms with Gasteiger partial charge >= 0.3 is 0 Å². The van der Waals surface area contributed by atoms with Crippen LogP contribution in [0.15, 0.2) is 144 Å². The number of hydrogen-bond acceptors (Lipinski definition) is 5. The van der Waals surface area contributed by atoms with Gasteiger partial charge in [0.25, 0.3) is 0 Å². The van der Waals surface area contributed by atoms with Gasteiger partial charge in [-0.25, -0.2) is 15.0 Å². The summed E-state index contributed by atoms with van der Waals surface area (Å²) >= 11 is 5.54. The number of pyridine rings is 1. The largest absolute Gasteiger partial charge is 0.264 e. The summed E-state index contributed by atoms with van der Waals surface area (Å²) in [5, 5.41) is 2.46. The van der Waals surface area contributed by atoms with Crippen molar-refractivity contribution in [2.75, 3.05) is 0 Å². The van der Waals surface area contributed by atoms with E-state index in [0.717, 1.165) is 43.4 Å². The van der Waals surface area contributed by atoms with Gasteiger partial charge in [-0.3, -0.25) is 4.98 Å². The fraction of sp³-hybridized carbons (Fsp3) is 0. The highest BCUT2D eigenvalue weighted by molar-refractivity contribution is 9.10. The third kappa shape index (κ3) is 4.98. The molecule has 0 amide bonds.